The van der Waals surface area contributed by atoms with Crippen molar-refractivity contribution in [3.8, 4) is 11.3 Å². The summed E-state index contributed by atoms with van der Waals surface area (Å²) in [6, 6.07) is 22.7. The van der Waals surface area contributed by atoms with Crippen molar-refractivity contribution in [1.82, 2.24) is 5.16 Å². The van der Waals surface area contributed by atoms with Crippen LogP contribution in [0.4, 0.5) is 14.9 Å². The van der Waals surface area contributed by atoms with Gasteiger partial charge in [-0.25, -0.2) is 9.59 Å². The van der Waals surface area contributed by atoms with Crippen molar-refractivity contribution < 1.29 is 33.1 Å². The number of rotatable bonds is 10. The Morgan fingerprint density at radius 1 is 1.03 bits per heavy atom. The maximum atomic E-state index is 14.4. The van der Waals surface area contributed by atoms with Gasteiger partial charge in [0.15, 0.2) is 11.9 Å². The van der Waals surface area contributed by atoms with Gasteiger partial charge in [0.05, 0.1) is 6.61 Å². The van der Waals surface area contributed by atoms with Crippen LogP contribution in [0.3, 0.4) is 0 Å². The van der Waals surface area contributed by atoms with Crippen molar-refractivity contribution in [3.63, 3.8) is 0 Å². The fraction of sp³-hybridized carbons (Fsp3) is 0.179. The van der Waals surface area contributed by atoms with E-state index in [4.69, 9.17) is 25.6 Å². The van der Waals surface area contributed by atoms with Crippen LogP contribution < -0.4 is 5.32 Å². The third kappa shape index (κ3) is 6.76. The number of carboxylic acid groups (broad SMARTS) is 1. The van der Waals surface area contributed by atoms with E-state index in [9.17, 15) is 19.1 Å². The summed E-state index contributed by atoms with van der Waals surface area (Å²) < 4.78 is 30.4. The normalized spacial score (nSPS) is 12.5. The third-order valence-electron chi connectivity index (χ3n) is 5.71. The van der Waals surface area contributed by atoms with Crippen molar-refractivity contribution in [2.75, 3.05) is 5.32 Å². The lowest BCUT2D eigenvalue weighted by molar-refractivity contribution is -0.151. The molecule has 0 aliphatic heterocycles. The number of carbonyl (C=O) groups excluding carboxylic acids is 1. The lowest BCUT2D eigenvalue weighted by Gasteiger charge is -2.15. The Balaban J connectivity index is 1.40. The smallest absolute Gasteiger partial charge is 0.412 e. The summed E-state index contributed by atoms with van der Waals surface area (Å²) in [6.07, 6.45) is -2.39. The first-order valence-corrected chi connectivity index (χ1v) is 12.0. The Hall–Kier alpha value is -4.21. The van der Waals surface area contributed by atoms with Gasteiger partial charge in [-0.15, -0.1) is 0 Å². The van der Waals surface area contributed by atoms with E-state index in [0.29, 0.717) is 21.7 Å². The van der Waals surface area contributed by atoms with Crippen LogP contribution in [0.2, 0.25) is 5.02 Å². The van der Waals surface area contributed by atoms with E-state index in [2.05, 4.69) is 10.5 Å². The van der Waals surface area contributed by atoms with E-state index in [1.807, 2.05) is 30.3 Å². The van der Waals surface area contributed by atoms with Gasteiger partial charge in [0, 0.05) is 22.6 Å². The fourth-order valence-corrected chi connectivity index (χ4v) is 4.02. The number of nitrogens with zero attached hydrogens (tertiary/aromatic N) is 1. The molecule has 0 radical (unpaired) electrons. The van der Waals surface area contributed by atoms with Gasteiger partial charge >= 0.3 is 12.1 Å². The second kappa shape index (κ2) is 12.4. The van der Waals surface area contributed by atoms with Crippen molar-refractivity contribution in [3.05, 3.63) is 107 Å². The summed E-state index contributed by atoms with van der Waals surface area (Å²) in [6.45, 7) is 1.69. The summed E-state index contributed by atoms with van der Waals surface area (Å²) >= 11 is 6.15. The topological polar surface area (TPSA) is 111 Å². The van der Waals surface area contributed by atoms with Gasteiger partial charge in [-0.05, 0) is 29.3 Å². The predicted octanol–water partition coefficient (Wildman–Crippen LogP) is 6.66. The highest BCUT2D eigenvalue weighted by Crippen LogP contribution is 2.32. The molecule has 0 fully saturated rings. The molecule has 2 atom stereocenters. The van der Waals surface area contributed by atoms with Crippen molar-refractivity contribution in [2.45, 2.75) is 32.2 Å². The quantitative estimate of drug-likeness (QED) is 0.232. The van der Waals surface area contributed by atoms with Crippen LogP contribution in [-0.4, -0.2) is 28.4 Å². The van der Waals surface area contributed by atoms with E-state index in [-0.39, 0.29) is 24.5 Å². The molecule has 2 N–H and O–H groups in total. The van der Waals surface area contributed by atoms with E-state index in [0.717, 1.165) is 5.56 Å². The molecule has 0 saturated heterocycles. The molecule has 1 amide bonds. The van der Waals surface area contributed by atoms with Crippen LogP contribution in [0.25, 0.3) is 11.3 Å². The number of anilines is 1. The molecule has 2 unspecified atom stereocenters. The minimum atomic E-state index is -1.06. The lowest BCUT2D eigenvalue weighted by atomic mass is 10.1. The molecule has 0 spiro atoms. The SMILES string of the molecule is CC(OC(=O)Nc1c(F)noc1-c1ccc(COC(Cc2ccccc2)C(=O)O)cc1)c1ccccc1Cl. The average Bonchev–Trinajstić information content (AvgIpc) is 3.27. The zero-order chi connectivity index (χ0) is 27.1. The van der Waals surface area contributed by atoms with Gasteiger partial charge in [0.1, 0.15) is 11.8 Å². The zero-order valence-corrected chi connectivity index (χ0v) is 21.0. The second-order valence-corrected chi connectivity index (χ2v) is 8.80. The van der Waals surface area contributed by atoms with Gasteiger partial charge in [-0.2, -0.15) is 4.39 Å². The molecule has 10 heteroatoms. The molecule has 0 bridgehead atoms. The summed E-state index contributed by atoms with van der Waals surface area (Å²) in [5.74, 6) is -2.08. The highest BCUT2D eigenvalue weighted by Gasteiger charge is 2.23. The first kappa shape index (κ1) is 26.8. The van der Waals surface area contributed by atoms with E-state index in [1.165, 1.54) is 0 Å². The highest BCUT2D eigenvalue weighted by atomic mass is 35.5. The number of aromatic nitrogens is 1. The Labute approximate surface area is 222 Å². The molecular formula is C28H24ClFN2O6. The van der Waals surface area contributed by atoms with E-state index >= 15 is 0 Å². The summed E-state index contributed by atoms with van der Waals surface area (Å²) in [4.78, 5) is 24.1. The Morgan fingerprint density at radius 3 is 2.39 bits per heavy atom. The number of benzene rings is 3. The monoisotopic (exact) mass is 538 g/mol. The van der Waals surface area contributed by atoms with Crippen LogP contribution in [0.15, 0.2) is 83.4 Å². The first-order valence-electron chi connectivity index (χ1n) is 11.7. The van der Waals surface area contributed by atoms with Crippen molar-refractivity contribution in [1.29, 1.82) is 0 Å². The minimum Gasteiger partial charge on any atom is -0.479 e. The number of halogens is 2. The predicted molar refractivity (Wildman–Crippen MR) is 138 cm³/mol. The minimum absolute atomic E-state index is 0.00944. The largest absolute Gasteiger partial charge is 0.479 e. The molecule has 1 aromatic heterocycles. The molecule has 0 aliphatic carbocycles. The number of carboxylic acids is 1. The molecule has 3 aromatic carbocycles. The number of aliphatic carboxylic acids is 1. The van der Waals surface area contributed by atoms with Crippen LogP contribution in [0.1, 0.15) is 29.7 Å². The van der Waals surface area contributed by atoms with Crippen LogP contribution in [-0.2, 0) is 27.3 Å². The van der Waals surface area contributed by atoms with Gasteiger partial charge < -0.3 is 19.1 Å². The Morgan fingerprint density at radius 2 is 1.71 bits per heavy atom. The standard InChI is InChI=1S/C28H24ClFN2O6/c1-17(21-9-5-6-10-22(21)29)37-28(35)31-24-25(38-32-26(24)30)20-13-11-19(12-14-20)16-36-23(27(33)34)15-18-7-3-2-4-8-18/h2-14,17,23H,15-16H2,1H3,(H,31,35)(H,33,34). The first-order chi connectivity index (χ1) is 18.3. The molecule has 4 rings (SSSR count). The molecule has 38 heavy (non-hydrogen) atoms. The number of hydrogen-bond donors (Lipinski definition) is 2. The second-order valence-electron chi connectivity index (χ2n) is 8.40. The molecule has 1 heterocycles. The number of nitrogens with one attached hydrogen (secondary N) is 1. The molecule has 196 valence electrons. The third-order valence-corrected chi connectivity index (χ3v) is 6.06. The maximum Gasteiger partial charge on any atom is 0.412 e. The maximum absolute atomic E-state index is 14.4. The zero-order valence-electron chi connectivity index (χ0n) is 20.3. The lowest BCUT2D eigenvalue weighted by Crippen LogP contribution is -2.26. The fourth-order valence-electron chi connectivity index (χ4n) is 3.73. The summed E-state index contributed by atoms with van der Waals surface area (Å²) in [5, 5.41) is 15.6. The molecule has 4 aromatic rings. The van der Waals surface area contributed by atoms with Gasteiger partial charge in [-0.1, -0.05) is 84.4 Å². The molecular weight excluding hydrogens is 515 g/mol. The Bertz CT molecular complexity index is 1390. The highest BCUT2D eigenvalue weighted by molar-refractivity contribution is 6.31. The average molecular weight is 539 g/mol. The van der Waals surface area contributed by atoms with Crippen LogP contribution in [0.5, 0.6) is 0 Å². The summed E-state index contributed by atoms with van der Waals surface area (Å²) in [7, 11) is 0. The van der Waals surface area contributed by atoms with Crippen molar-refractivity contribution >= 4 is 29.4 Å². The van der Waals surface area contributed by atoms with Crippen LogP contribution >= 0.6 is 11.6 Å². The number of carbonyl (C=O) groups is 2. The van der Waals surface area contributed by atoms with Crippen molar-refractivity contribution in [2.24, 2.45) is 0 Å². The van der Waals surface area contributed by atoms with Gasteiger partial charge in [-0.3, -0.25) is 5.32 Å². The molecule has 0 saturated carbocycles. The number of amides is 1. The summed E-state index contributed by atoms with van der Waals surface area (Å²) in [5.41, 5.74) is 2.29. The van der Waals surface area contributed by atoms with Gasteiger partial charge in [0.2, 0.25) is 0 Å². The van der Waals surface area contributed by atoms with E-state index in [1.54, 1.807) is 55.5 Å². The van der Waals surface area contributed by atoms with Gasteiger partial charge in [0.25, 0.3) is 5.95 Å². The molecule has 0 aliphatic rings. The number of hydrogen-bond acceptors (Lipinski definition) is 6. The number of ether oxygens (including phenoxy) is 2. The Kier molecular flexibility index (Phi) is 8.73. The van der Waals surface area contributed by atoms with Crippen LogP contribution in [0, 0.1) is 5.95 Å². The molecule has 8 nitrogen and oxygen atoms in total. The van der Waals surface area contributed by atoms with E-state index < -0.39 is 30.2 Å².